The van der Waals surface area contributed by atoms with E-state index in [1.807, 2.05) is 24.3 Å². The van der Waals surface area contributed by atoms with Crippen LogP contribution in [0.3, 0.4) is 0 Å². The first-order valence-electron chi connectivity index (χ1n) is 5.27. The fourth-order valence-corrected chi connectivity index (χ4v) is 1.88. The largest absolute Gasteiger partial charge is 0.384 e. The van der Waals surface area contributed by atoms with Gasteiger partial charge in [0, 0.05) is 4.47 Å². The molecule has 3 heteroatoms. The van der Waals surface area contributed by atoms with Gasteiger partial charge in [0.25, 0.3) is 0 Å². The van der Waals surface area contributed by atoms with E-state index in [1.165, 1.54) is 6.07 Å². The third-order valence-corrected chi connectivity index (χ3v) is 3.23. The summed E-state index contributed by atoms with van der Waals surface area (Å²) in [4.78, 5) is 0. The van der Waals surface area contributed by atoms with Crippen molar-refractivity contribution in [3.63, 3.8) is 0 Å². The molecule has 2 aromatic rings. The summed E-state index contributed by atoms with van der Waals surface area (Å²) >= 11 is 3.33. The van der Waals surface area contributed by atoms with Gasteiger partial charge in [0.2, 0.25) is 0 Å². The second-order valence-electron chi connectivity index (χ2n) is 3.96. The number of halogens is 2. The molecule has 0 fully saturated rings. The maximum absolute atomic E-state index is 13.4. The van der Waals surface area contributed by atoms with Gasteiger partial charge in [-0.15, -0.1) is 0 Å². The van der Waals surface area contributed by atoms with Gasteiger partial charge in [0.05, 0.1) is 0 Å². The van der Waals surface area contributed by atoms with Crippen molar-refractivity contribution >= 4 is 15.9 Å². The highest BCUT2D eigenvalue weighted by atomic mass is 79.9. The van der Waals surface area contributed by atoms with Gasteiger partial charge >= 0.3 is 0 Å². The summed E-state index contributed by atoms with van der Waals surface area (Å²) in [7, 11) is 0. The summed E-state index contributed by atoms with van der Waals surface area (Å²) < 4.78 is 14.3. The van der Waals surface area contributed by atoms with Gasteiger partial charge in [-0.3, -0.25) is 0 Å². The van der Waals surface area contributed by atoms with E-state index in [0.29, 0.717) is 11.1 Å². The van der Waals surface area contributed by atoms with Crippen molar-refractivity contribution in [3.8, 4) is 0 Å². The number of benzene rings is 2. The van der Waals surface area contributed by atoms with E-state index in [4.69, 9.17) is 0 Å². The van der Waals surface area contributed by atoms with Gasteiger partial charge in [-0.2, -0.15) is 0 Å². The first kappa shape index (κ1) is 12.3. The summed E-state index contributed by atoms with van der Waals surface area (Å²) in [5.74, 6) is -0.293. The normalized spacial score (nSPS) is 12.5. The number of rotatable bonds is 2. The van der Waals surface area contributed by atoms with E-state index in [1.54, 1.807) is 19.1 Å². The van der Waals surface area contributed by atoms with E-state index in [2.05, 4.69) is 15.9 Å². The van der Waals surface area contributed by atoms with Crippen molar-refractivity contribution in [2.75, 3.05) is 0 Å². The summed E-state index contributed by atoms with van der Waals surface area (Å²) in [6.45, 7) is 1.70. The zero-order valence-electron chi connectivity index (χ0n) is 9.32. The Bertz CT molecular complexity index is 522. The molecule has 0 unspecified atom stereocenters. The molecule has 0 amide bonds. The smallest absolute Gasteiger partial charge is 0.126 e. The second kappa shape index (κ2) is 4.98. The maximum atomic E-state index is 13.4. The van der Waals surface area contributed by atoms with Crippen LogP contribution in [0.15, 0.2) is 46.9 Å². The van der Waals surface area contributed by atoms with Crippen LogP contribution in [0.4, 0.5) is 4.39 Å². The molecule has 2 rings (SSSR count). The Balaban J connectivity index is 2.33. The van der Waals surface area contributed by atoms with Crippen LogP contribution < -0.4 is 0 Å². The van der Waals surface area contributed by atoms with Crippen LogP contribution in [-0.2, 0) is 0 Å². The molecule has 0 heterocycles. The number of aliphatic hydroxyl groups is 1. The first-order valence-corrected chi connectivity index (χ1v) is 6.07. The van der Waals surface area contributed by atoms with E-state index in [9.17, 15) is 9.50 Å². The monoisotopic (exact) mass is 294 g/mol. The fraction of sp³-hybridized carbons (Fsp3) is 0.143. The van der Waals surface area contributed by atoms with Crippen LogP contribution in [0.1, 0.15) is 22.8 Å². The van der Waals surface area contributed by atoms with Crippen molar-refractivity contribution in [3.05, 3.63) is 69.4 Å². The third-order valence-electron chi connectivity index (χ3n) is 2.70. The van der Waals surface area contributed by atoms with E-state index < -0.39 is 6.10 Å². The molecule has 0 aliphatic heterocycles. The maximum Gasteiger partial charge on any atom is 0.126 e. The highest BCUT2D eigenvalue weighted by Crippen LogP contribution is 2.24. The Labute approximate surface area is 108 Å². The SMILES string of the molecule is Cc1ccc([C@H](O)c2ccc(Br)cc2)cc1F. The molecule has 0 aliphatic carbocycles. The lowest BCUT2D eigenvalue weighted by molar-refractivity contribution is 0.220. The van der Waals surface area contributed by atoms with Gasteiger partial charge in [-0.25, -0.2) is 4.39 Å². The van der Waals surface area contributed by atoms with Crippen LogP contribution in [0.25, 0.3) is 0 Å². The highest BCUT2D eigenvalue weighted by Gasteiger charge is 2.11. The molecule has 88 valence electrons. The summed E-state index contributed by atoms with van der Waals surface area (Å²) in [6, 6.07) is 12.1. The minimum Gasteiger partial charge on any atom is -0.384 e. The Morgan fingerprint density at radius 3 is 2.24 bits per heavy atom. The average molecular weight is 295 g/mol. The summed E-state index contributed by atoms with van der Waals surface area (Å²) in [6.07, 6.45) is -0.793. The van der Waals surface area contributed by atoms with Gasteiger partial charge in [0.15, 0.2) is 0 Å². The standard InChI is InChI=1S/C14H12BrFO/c1-9-2-3-11(8-13(9)16)14(17)10-4-6-12(15)7-5-10/h2-8,14,17H,1H3/t14-/m1/s1. The van der Waals surface area contributed by atoms with Gasteiger partial charge < -0.3 is 5.11 Å². The zero-order valence-corrected chi connectivity index (χ0v) is 10.9. The Kier molecular flexibility index (Phi) is 3.60. The lowest BCUT2D eigenvalue weighted by atomic mass is 10.0. The summed E-state index contributed by atoms with van der Waals surface area (Å²) in [5.41, 5.74) is 1.89. The lowest BCUT2D eigenvalue weighted by Crippen LogP contribution is -2.00. The molecular weight excluding hydrogens is 283 g/mol. The van der Waals surface area contributed by atoms with E-state index >= 15 is 0 Å². The van der Waals surface area contributed by atoms with Crippen LogP contribution in [0, 0.1) is 12.7 Å². The fourth-order valence-electron chi connectivity index (χ4n) is 1.62. The van der Waals surface area contributed by atoms with Crippen LogP contribution >= 0.6 is 15.9 Å². The number of hydrogen-bond acceptors (Lipinski definition) is 1. The van der Waals surface area contributed by atoms with Crippen LogP contribution in [0.5, 0.6) is 0 Å². The molecule has 1 atom stereocenters. The molecule has 0 saturated carbocycles. The molecule has 0 aromatic heterocycles. The van der Waals surface area contributed by atoms with Crippen LogP contribution in [-0.4, -0.2) is 5.11 Å². The van der Waals surface area contributed by atoms with Crippen molar-refractivity contribution in [2.45, 2.75) is 13.0 Å². The molecule has 0 saturated heterocycles. The molecule has 0 radical (unpaired) electrons. The van der Waals surface area contributed by atoms with Crippen LogP contribution in [0.2, 0.25) is 0 Å². The predicted molar refractivity (Wildman–Crippen MR) is 69.3 cm³/mol. The quantitative estimate of drug-likeness (QED) is 0.888. The minimum atomic E-state index is -0.793. The topological polar surface area (TPSA) is 20.2 Å². The first-order chi connectivity index (χ1) is 8.08. The second-order valence-corrected chi connectivity index (χ2v) is 4.88. The lowest BCUT2D eigenvalue weighted by Gasteiger charge is -2.12. The minimum absolute atomic E-state index is 0.293. The van der Waals surface area contributed by atoms with E-state index in [0.717, 1.165) is 10.0 Å². The molecular formula is C14H12BrFO. The molecule has 1 N–H and O–H groups in total. The van der Waals surface area contributed by atoms with E-state index in [-0.39, 0.29) is 5.82 Å². The number of aryl methyl sites for hydroxylation is 1. The predicted octanol–water partition coefficient (Wildman–Crippen LogP) is 3.98. The number of aliphatic hydroxyl groups excluding tert-OH is 1. The van der Waals surface area contributed by atoms with Crippen molar-refractivity contribution in [1.29, 1.82) is 0 Å². The molecule has 0 spiro atoms. The molecule has 1 nitrogen and oxygen atoms in total. The van der Waals surface area contributed by atoms with Gasteiger partial charge in [-0.1, -0.05) is 40.2 Å². The van der Waals surface area contributed by atoms with Crippen molar-refractivity contribution < 1.29 is 9.50 Å². The molecule has 17 heavy (non-hydrogen) atoms. The Hall–Kier alpha value is -1.19. The summed E-state index contributed by atoms with van der Waals surface area (Å²) in [5, 5.41) is 10.1. The number of hydrogen-bond donors (Lipinski definition) is 1. The van der Waals surface area contributed by atoms with Crippen molar-refractivity contribution in [1.82, 2.24) is 0 Å². The third kappa shape index (κ3) is 2.73. The van der Waals surface area contributed by atoms with Crippen molar-refractivity contribution in [2.24, 2.45) is 0 Å². The zero-order chi connectivity index (χ0) is 12.4. The molecule has 2 aromatic carbocycles. The molecule has 0 bridgehead atoms. The Morgan fingerprint density at radius 2 is 1.65 bits per heavy atom. The Morgan fingerprint density at radius 1 is 1.06 bits per heavy atom. The average Bonchev–Trinajstić information content (AvgIpc) is 2.33. The van der Waals surface area contributed by atoms with Gasteiger partial charge in [-0.05, 0) is 41.8 Å². The molecule has 0 aliphatic rings. The van der Waals surface area contributed by atoms with Gasteiger partial charge in [0.1, 0.15) is 11.9 Å². The highest BCUT2D eigenvalue weighted by molar-refractivity contribution is 9.10.